The molecule has 0 aliphatic heterocycles. The number of rotatable bonds is 8. The first kappa shape index (κ1) is 39.0. The second-order valence-corrected chi connectivity index (χ2v) is 16.8. The summed E-state index contributed by atoms with van der Waals surface area (Å²) in [6.45, 7) is 0. The molecule has 0 amide bonds. The average molecular weight is 871 g/mol. The van der Waals surface area contributed by atoms with Crippen molar-refractivity contribution in [3.63, 3.8) is 0 Å². The maximum Gasteiger partial charge on any atom is 0.238 e. The highest BCUT2D eigenvalue weighted by molar-refractivity contribution is 6.19. The van der Waals surface area contributed by atoms with Gasteiger partial charge in [0.1, 0.15) is 0 Å². The van der Waals surface area contributed by atoms with Gasteiger partial charge in [0.25, 0.3) is 0 Å². The molecule has 4 aromatic heterocycles. The van der Waals surface area contributed by atoms with Gasteiger partial charge in [-0.05, 0) is 47.5 Å². The Labute approximate surface area is 391 Å². The molecule has 13 aromatic rings. The number of hydrogen-bond donors (Lipinski definition) is 0. The molecule has 0 fully saturated rings. The van der Waals surface area contributed by atoms with Crippen LogP contribution in [0.2, 0.25) is 0 Å². The first-order valence-corrected chi connectivity index (χ1v) is 22.6. The van der Waals surface area contributed by atoms with Crippen molar-refractivity contribution in [2.24, 2.45) is 0 Å². The van der Waals surface area contributed by atoms with Gasteiger partial charge in [0.15, 0.2) is 29.1 Å². The first-order valence-electron chi connectivity index (χ1n) is 22.6. The van der Waals surface area contributed by atoms with E-state index in [4.69, 9.17) is 29.9 Å². The van der Waals surface area contributed by atoms with Crippen molar-refractivity contribution >= 4 is 43.6 Å². The van der Waals surface area contributed by atoms with Crippen LogP contribution in [-0.2, 0) is 0 Å². The molecule has 0 atom stereocenters. The average Bonchev–Trinajstić information content (AvgIpc) is 3.93. The maximum atomic E-state index is 5.21. The van der Waals surface area contributed by atoms with Crippen LogP contribution in [0, 0.1) is 0 Å². The molecule has 0 radical (unpaired) electrons. The lowest BCUT2D eigenvalue weighted by Crippen LogP contribution is -2.06. The van der Waals surface area contributed by atoms with E-state index in [1.54, 1.807) is 0 Å². The number of hydrogen-bond acceptors (Lipinski definition) is 6. The Morgan fingerprint density at radius 1 is 0.221 bits per heavy atom. The Morgan fingerprint density at radius 2 is 0.588 bits per heavy atom. The zero-order valence-corrected chi connectivity index (χ0v) is 36.5. The Morgan fingerprint density at radius 3 is 1.12 bits per heavy atom. The van der Waals surface area contributed by atoms with E-state index in [2.05, 4.69) is 143 Å². The van der Waals surface area contributed by atoms with E-state index < -0.39 is 0 Å². The highest BCUT2D eigenvalue weighted by atomic mass is 15.2. The molecule has 0 saturated carbocycles. The van der Waals surface area contributed by atoms with Crippen LogP contribution in [0.5, 0.6) is 0 Å². The predicted molar refractivity (Wildman–Crippen MR) is 275 cm³/mol. The highest BCUT2D eigenvalue weighted by Gasteiger charge is 2.22. The van der Waals surface area contributed by atoms with Crippen LogP contribution in [-0.4, -0.2) is 39.0 Å². The summed E-state index contributed by atoms with van der Waals surface area (Å²) in [5.74, 6) is 3.56. The summed E-state index contributed by atoms with van der Waals surface area (Å²) in [6.07, 6.45) is 0. The lowest BCUT2D eigenvalue weighted by molar-refractivity contribution is 0.953. The summed E-state index contributed by atoms with van der Waals surface area (Å²) in [7, 11) is 0. The largest absolute Gasteiger partial charge is 0.309 e. The molecule has 13 rings (SSSR count). The zero-order valence-electron chi connectivity index (χ0n) is 36.5. The van der Waals surface area contributed by atoms with Crippen LogP contribution >= 0.6 is 0 Å². The van der Waals surface area contributed by atoms with E-state index in [1.165, 1.54) is 0 Å². The number of fused-ring (bicyclic) bond motifs is 6. The van der Waals surface area contributed by atoms with Crippen molar-refractivity contribution in [2.75, 3.05) is 0 Å². The molecule has 0 aliphatic rings. The minimum atomic E-state index is 0.544. The van der Waals surface area contributed by atoms with Crippen molar-refractivity contribution in [1.82, 2.24) is 39.0 Å². The van der Waals surface area contributed by atoms with Gasteiger partial charge in [-0.3, -0.25) is 4.57 Å². The minimum Gasteiger partial charge on any atom is -0.309 e. The quantitative estimate of drug-likeness (QED) is 0.151. The topological polar surface area (TPSA) is 87.2 Å². The summed E-state index contributed by atoms with van der Waals surface area (Å²) in [6, 6.07) is 79.4. The summed E-state index contributed by atoms with van der Waals surface area (Å²) in [5, 5.41) is 4.51. The number of nitrogens with zero attached hydrogens (tertiary/aromatic N) is 8. The smallest absolute Gasteiger partial charge is 0.238 e. The van der Waals surface area contributed by atoms with Crippen LogP contribution in [0.3, 0.4) is 0 Å². The minimum absolute atomic E-state index is 0.544. The van der Waals surface area contributed by atoms with Crippen LogP contribution in [0.4, 0.5) is 0 Å². The molecular weight excluding hydrogens is 833 g/mol. The fourth-order valence-corrected chi connectivity index (χ4v) is 9.40. The number of aromatic nitrogens is 8. The molecule has 0 saturated heterocycles. The van der Waals surface area contributed by atoms with Crippen molar-refractivity contribution in [3.05, 3.63) is 231 Å². The van der Waals surface area contributed by atoms with Crippen LogP contribution < -0.4 is 0 Å². The number of benzene rings is 9. The molecule has 0 N–H and O–H groups in total. The van der Waals surface area contributed by atoms with Gasteiger partial charge in [0.05, 0.1) is 22.1 Å². The van der Waals surface area contributed by atoms with Crippen molar-refractivity contribution in [1.29, 1.82) is 0 Å². The molecule has 4 heterocycles. The molecule has 318 valence electrons. The van der Waals surface area contributed by atoms with E-state index in [0.717, 1.165) is 88.2 Å². The van der Waals surface area contributed by atoms with Gasteiger partial charge in [-0.25, -0.2) is 19.9 Å². The zero-order chi connectivity index (χ0) is 45.0. The molecule has 0 unspecified atom stereocenters. The van der Waals surface area contributed by atoms with Gasteiger partial charge in [0, 0.05) is 55.0 Å². The summed E-state index contributed by atoms with van der Waals surface area (Å²) in [4.78, 5) is 30.8. The molecular formula is C60H38N8. The standard InChI is InChI=1S/C60H38N8/c1-5-18-39(19-6-1)40-32-34-44(35-33-40)56-61-55(41-20-7-2-8-21-41)62-59(63-56)45-26-17-27-46(36-45)67-51-30-15-13-28-47(51)49-37-50-48-29-14-16-31-52(48)68(54(50)38-53(49)67)60-65-57(42-22-9-3-10-23-42)64-58(66-60)43-24-11-4-12-25-43/h1-38H. The summed E-state index contributed by atoms with van der Waals surface area (Å²) >= 11 is 0. The Hall–Kier alpha value is -9.40. The molecule has 0 aliphatic carbocycles. The van der Waals surface area contributed by atoms with E-state index in [9.17, 15) is 0 Å². The van der Waals surface area contributed by atoms with Gasteiger partial charge >= 0.3 is 0 Å². The molecule has 8 nitrogen and oxygen atoms in total. The Kier molecular flexibility index (Phi) is 9.31. The molecule has 68 heavy (non-hydrogen) atoms. The molecule has 0 spiro atoms. The summed E-state index contributed by atoms with van der Waals surface area (Å²) in [5.41, 5.74) is 11.9. The predicted octanol–water partition coefficient (Wildman–Crippen LogP) is 14.3. The third-order valence-corrected chi connectivity index (χ3v) is 12.6. The third kappa shape index (κ3) is 6.78. The SMILES string of the molecule is c1ccc(-c2ccc(-c3nc(-c4ccccc4)nc(-c4cccc(-n5c6ccccc6c6cc7c8ccccc8n(-c8nc(-c9ccccc9)nc(-c9ccccc9)n8)c7cc65)c4)n3)cc2)cc1. The third-order valence-electron chi connectivity index (χ3n) is 12.6. The first-order chi connectivity index (χ1) is 33.7. The summed E-state index contributed by atoms with van der Waals surface area (Å²) < 4.78 is 4.53. The van der Waals surface area contributed by atoms with Gasteiger partial charge < -0.3 is 4.57 Å². The second kappa shape index (κ2) is 16.2. The van der Waals surface area contributed by atoms with Gasteiger partial charge in [-0.15, -0.1) is 0 Å². The van der Waals surface area contributed by atoms with Crippen molar-refractivity contribution in [2.45, 2.75) is 0 Å². The maximum absolute atomic E-state index is 5.21. The lowest BCUT2D eigenvalue weighted by atomic mass is 10.0. The molecule has 9 aromatic carbocycles. The monoisotopic (exact) mass is 870 g/mol. The Balaban J connectivity index is 1.01. The fraction of sp³-hybridized carbons (Fsp3) is 0. The van der Waals surface area contributed by atoms with Crippen LogP contribution in [0.15, 0.2) is 231 Å². The lowest BCUT2D eigenvalue weighted by Gasteiger charge is -2.13. The van der Waals surface area contributed by atoms with E-state index in [-0.39, 0.29) is 0 Å². The second-order valence-electron chi connectivity index (χ2n) is 16.8. The van der Waals surface area contributed by atoms with Crippen LogP contribution in [0.25, 0.3) is 123 Å². The van der Waals surface area contributed by atoms with Crippen molar-refractivity contribution < 1.29 is 0 Å². The Bertz CT molecular complexity index is 3940. The van der Waals surface area contributed by atoms with E-state index in [0.29, 0.717) is 35.1 Å². The fourth-order valence-electron chi connectivity index (χ4n) is 9.40. The van der Waals surface area contributed by atoms with Gasteiger partial charge in [-0.2, -0.15) is 9.97 Å². The number of para-hydroxylation sites is 2. The van der Waals surface area contributed by atoms with Crippen LogP contribution in [0.1, 0.15) is 0 Å². The van der Waals surface area contributed by atoms with Gasteiger partial charge in [-0.1, -0.05) is 194 Å². The molecule has 0 bridgehead atoms. The van der Waals surface area contributed by atoms with Crippen molar-refractivity contribution in [3.8, 4) is 79.7 Å². The normalized spacial score (nSPS) is 11.5. The molecule has 8 heteroatoms. The highest BCUT2D eigenvalue weighted by Crippen LogP contribution is 2.40. The van der Waals surface area contributed by atoms with E-state index >= 15 is 0 Å². The van der Waals surface area contributed by atoms with Gasteiger partial charge in [0.2, 0.25) is 5.95 Å². The van der Waals surface area contributed by atoms with E-state index in [1.807, 2.05) is 97.1 Å².